The predicted molar refractivity (Wildman–Crippen MR) is 121 cm³/mol. The van der Waals surface area contributed by atoms with Crippen molar-refractivity contribution in [3.05, 3.63) is 0 Å². The molecule has 0 heterocycles. The van der Waals surface area contributed by atoms with E-state index >= 15 is 0 Å². The normalized spacial score (nSPS) is 14.2. The van der Waals surface area contributed by atoms with Gasteiger partial charge in [-0.05, 0) is 12.8 Å². The summed E-state index contributed by atoms with van der Waals surface area (Å²) in [6.07, 6.45) is 19.6. The maximum absolute atomic E-state index is 11.8. The molecule has 0 aromatic carbocycles. The number of hydrogen-bond donors (Lipinski definition) is 3. The zero-order valence-corrected chi connectivity index (χ0v) is 20.1. The Balaban J connectivity index is 3.27. The molecule has 2 atom stereocenters. The molecule has 0 amide bonds. The van der Waals surface area contributed by atoms with Crippen LogP contribution in [0.4, 0.5) is 0 Å². The zero-order valence-electron chi connectivity index (χ0n) is 18.4. The van der Waals surface area contributed by atoms with Crippen molar-refractivity contribution in [3.8, 4) is 0 Å². The maximum Gasteiger partial charge on any atom is 0.469 e. The van der Waals surface area contributed by atoms with Crippen molar-refractivity contribution in [1.29, 1.82) is 0 Å². The van der Waals surface area contributed by atoms with E-state index in [1.165, 1.54) is 83.5 Å². The van der Waals surface area contributed by atoms with Gasteiger partial charge < -0.3 is 19.4 Å². The van der Waals surface area contributed by atoms with Crippen LogP contribution in [0.5, 0.6) is 0 Å². The lowest BCUT2D eigenvalue weighted by Gasteiger charge is -2.15. The van der Waals surface area contributed by atoms with Gasteiger partial charge in [-0.2, -0.15) is 0 Å². The van der Waals surface area contributed by atoms with E-state index in [0.717, 1.165) is 19.3 Å². The molecule has 0 aliphatic rings. The molecule has 0 aliphatic carbocycles. The molecule has 8 heteroatoms. The molecule has 0 aromatic rings. The van der Waals surface area contributed by atoms with Gasteiger partial charge in [0.25, 0.3) is 0 Å². The Morgan fingerprint density at radius 2 is 1.17 bits per heavy atom. The van der Waals surface area contributed by atoms with Crippen molar-refractivity contribution >= 4 is 19.0 Å². The van der Waals surface area contributed by atoms with Crippen LogP contribution in [0.2, 0.25) is 0 Å². The summed E-state index contributed by atoms with van der Waals surface area (Å²) < 4.78 is 26.6. The first-order chi connectivity index (χ1) is 13.8. The molecule has 0 aliphatic heterocycles. The third-order valence-electron chi connectivity index (χ3n) is 5.04. The molecule has 29 heavy (non-hydrogen) atoms. The Bertz CT molecular complexity index is 393. The van der Waals surface area contributed by atoms with Gasteiger partial charge in [0.15, 0.2) is 0 Å². The molecular weight excluding hydrogens is 411 g/mol. The topological polar surface area (TPSA) is 110 Å². The lowest BCUT2D eigenvalue weighted by atomic mass is 10.0. The molecular formula is C21H45O6PS. The van der Waals surface area contributed by atoms with Crippen molar-refractivity contribution in [2.24, 2.45) is 0 Å². The fraction of sp³-hybridized carbons (Fsp3) is 1.00. The molecule has 6 nitrogen and oxygen atoms in total. The lowest BCUT2D eigenvalue weighted by Crippen LogP contribution is -2.26. The average molecular weight is 457 g/mol. The average Bonchev–Trinajstić information content (AvgIpc) is 2.65. The van der Waals surface area contributed by atoms with Gasteiger partial charge in [-0.3, -0.25) is 4.52 Å². The molecule has 0 saturated heterocycles. The maximum atomic E-state index is 11.8. The van der Waals surface area contributed by atoms with Gasteiger partial charge >= 0.3 is 7.82 Å². The van der Waals surface area contributed by atoms with Gasteiger partial charge in [-0.15, -0.1) is 0 Å². The Morgan fingerprint density at radius 3 is 1.55 bits per heavy atom. The van der Waals surface area contributed by atoms with Crippen molar-refractivity contribution < 1.29 is 28.5 Å². The fourth-order valence-corrected chi connectivity index (χ4v) is 4.92. The van der Waals surface area contributed by atoms with Gasteiger partial charge in [0.05, 0.1) is 6.61 Å². The molecule has 176 valence electrons. The van der Waals surface area contributed by atoms with Crippen molar-refractivity contribution in [1.82, 2.24) is 0 Å². The smallest absolute Gasteiger partial charge is 0.469 e. The van der Waals surface area contributed by atoms with Gasteiger partial charge in [0.1, 0.15) is 17.6 Å². The number of aliphatic hydroxyl groups excluding tert-OH is 1. The number of phosphoric ester groups is 1. The summed E-state index contributed by atoms with van der Waals surface area (Å²) >= 11 is -1.18. The predicted octanol–water partition coefficient (Wildman–Crippen LogP) is 5.47. The van der Waals surface area contributed by atoms with Crippen LogP contribution in [0.1, 0.15) is 110 Å². The quantitative estimate of drug-likeness (QED) is 0.113. The van der Waals surface area contributed by atoms with Crippen LogP contribution in [-0.4, -0.2) is 43.7 Å². The summed E-state index contributed by atoms with van der Waals surface area (Å²) in [6, 6.07) is 0. The first kappa shape index (κ1) is 29.4. The van der Waals surface area contributed by atoms with E-state index in [2.05, 4.69) is 11.4 Å². The zero-order chi connectivity index (χ0) is 21.8. The van der Waals surface area contributed by atoms with Crippen LogP contribution in [0.25, 0.3) is 0 Å². The van der Waals surface area contributed by atoms with Crippen molar-refractivity contribution in [3.63, 3.8) is 0 Å². The minimum Gasteiger partial charge on any atom is -0.616 e. The van der Waals surface area contributed by atoms with E-state index in [-0.39, 0.29) is 5.75 Å². The second-order valence-corrected chi connectivity index (χ2v) is 10.9. The van der Waals surface area contributed by atoms with Gasteiger partial charge in [0.2, 0.25) is 0 Å². The largest absolute Gasteiger partial charge is 0.616 e. The van der Waals surface area contributed by atoms with Crippen LogP contribution < -0.4 is 0 Å². The fourth-order valence-electron chi connectivity index (χ4n) is 3.34. The highest BCUT2D eigenvalue weighted by molar-refractivity contribution is 7.91. The highest BCUT2D eigenvalue weighted by Crippen LogP contribution is 2.35. The monoisotopic (exact) mass is 456 g/mol. The summed E-state index contributed by atoms with van der Waals surface area (Å²) in [5, 5.41) is 9.56. The number of rotatable bonds is 22. The number of unbranched alkanes of at least 4 members (excludes halogenated alkanes) is 15. The molecule has 0 rings (SSSR count). The standard InChI is InChI=1S/C21H45O6PS/c1-2-3-4-5-6-7-8-9-10-11-12-13-14-15-16-17-18-29(26)20-21(22)19-27-28(23,24)25/h21-22H,2-20H2,1H3,(H2,23,24,25). The lowest BCUT2D eigenvalue weighted by molar-refractivity contribution is 0.0985. The summed E-state index contributed by atoms with van der Waals surface area (Å²) in [5.41, 5.74) is 0. The summed E-state index contributed by atoms with van der Waals surface area (Å²) in [6.45, 7) is 1.77. The second-order valence-electron chi connectivity index (χ2n) is 8.05. The molecule has 0 fully saturated rings. The van der Waals surface area contributed by atoms with E-state index in [1.807, 2.05) is 0 Å². The summed E-state index contributed by atoms with van der Waals surface area (Å²) in [4.78, 5) is 17.1. The minimum absolute atomic E-state index is 0.00125. The SMILES string of the molecule is CCCCCCCCCCCCCCCCCC[S+]([O-])CC(O)COP(=O)(O)O. The summed E-state index contributed by atoms with van der Waals surface area (Å²) in [5.74, 6) is 0.518. The van der Waals surface area contributed by atoms with Crippen LogP contribution in [0, 0.1) is 0 Å². The van der Waals surface area contributed by atoms with Crippen LogP contribution in [-0.2, 0) is 20.3 Å². The molecule has 0 radical (unpaired) electrons. The molecule has 0 spiro atoms. The van der Waals surface area contributed by atoms with E-state index in [1.54, 1.807) is 0 Å². The first-order valence-corrected chi connectivity index (χ1v) is 14.6. The van der Waals surface area contributed by atoms with Gasteiger partial charge in [-0.1, -0.05) is 108 Å². The highest BCUT2D eigenvalue weighted by atomic mass is 32.2. The Morgan fingerprint density at radius 1 is 0.793 bits per heavy atom. The third kappa shape index (κ3) is 24.5. The van der Waals surface area contributed by atoms with Gasteiger partial charge in [0, 0.05) is 0 Å². The molecule has 0 aromatic heterocycles. The molecule has 3 N–H and O–H groups in total. The molecule has 0 saturated carbocycles. The Kier molecular flexibility index (Phi) is 20.6. The Labute approximate surface area is 181 Å². The first-order valence-electron chi connectivity index (χ1n) is 11.6. The van der Waals surface area contributed by atoms with E-state index < -0.39 is 31.7 Å². The second kappa shape index (κ2) is 20.3. The molecule has 2 unspecified atom stereocenters. The van der Waals surface area contributed by atoms with Crippen molar-refractivity contribution in [2.45, 2.75) is 116 Å². The minimum atomic E-state index is -4.58. The Hall–Kier alpha value is 0.380. The van der Waals surface area contributed by atoms with Crippen LogP contribution in [0.15, 0.2) is 0 Å². The third-order valence-corrected chi connectivity index (χ3v) is 7.02. The van der Waals surface area contributed by atoms with E-state index in [9.17, 15) is 14.2 Å². The van der Waals surface area contributed by atoms with E-state index in [0.29, 0.717) is 5.75 Å². The summed E-state index contributed by atoms with van der Waals surface area (Å²) in [7, 11) is -4.58. The van der Waals surface area contributed by atoms with Gasteiger partial charge in [-0.25, -0.2) is 4.57 Å². The number of phosphoric acid groups is 1. The van der Waals surface area contributed by atoms with Crippen LogP contribution in [0.3, 0.4) is 0 Å². The highest BCUT2D eigenvalue weighted by Gasteiger charge is 2.20. The van der Waals surface area contributed by atoms with Crippen LogP contribution >= 0.6 is 7.82 Å². The van der Waals surface area contributed by atoms with Crippen molar-refractivity contribution in [2.75, 3.05) is 18.1 Å². The molecule has 0 bridgehead atoms. The number of aliphatic hydroxyl groups is 1. The van der Waals surface area contributed by atoms with E-state index in [4.69, 9.17) is 9.79 Å². The number of hydrogen-bond acceptors (Lipinski definition) is 4.